The van der Waals surface area contributed by atoms with E-state index in [1.54, 1.807) is 29.2 Å². The van der Waals surface area contributed by atoms with Crippen LogP contribution in [-0.4, -0.2) is 38.7 Å². The number of hydrogen-bond acceptors (Lipinski definition) is 4. The summed E-state index contributed by atoms with van der Waals surface area (Å²) >= 11 is 6.14. The Morgan fingerprint density at radius 1 is 1.34 bits per heavy atom. The van der Waals surface area contributed by atoms with Gasteiger partial charge in [0.2, 0.25) is 5.91 Å². The molecule has 1 amide bonds. The van der Waals surface area contributed by atoms with Gasteiger partial charge in [0.25, 0.3) is 0 Å². The van der Waals surface area contributed by atoms with Crippen molar-refractivity contribution >= 4 is 23.2 Å². The fraction of sp³-hybridized carbons (Fsp3) is 0.227. The Morgan fingerprint density at radius 2 is 2.21 bits per heavy atom. The number of amides is 1. The third-order valence-corrected chi connectivity index (χ3v) is 5.32. The molecule has 0 saturated heterocycles. The van der Waals surface area contributed by atoms with E-state index in [9.17, 15) is 4.79 Å². The molecule has 6 nitrogen and oxygen atoms in total. The average molecular weight is 406 g/mol. The second-order valence-corrected chi connectivity index (χ2v) is 7.35. The Hall–Kier alpha value is -3.14. The number of nitrogens with one attached hydrogen (secondary N) is 1. The van der Waals surface area contributed by atoms with Crippen LogP contribution >= 0.6 is 11.6 Å². The zero-order valence-electron chi connectivity index (χ0n) is 15.8. The molecule has 0 saturated carbocycles. The van der Waals surface area contributed by atoms with Crippen molar-refractivity contribution in [2.75, 3.05) is 18.4 Å². The number of hydrogen-bond donors (Lipinski definition) is 1. The highest BCUT2D eigenvalue weighted by Gasteiger charge is 2.28. The van der Waals surface area contributed by atoms with Gasteiger partial charge in [0, 0.05) is 11.1 Å². The van der Waals surface area contributed by atoms with Gasteiger partial charge in [0.1, 0.15) is 12.7 Å². The largest absolute Gasteiger partial charge is 0.323 e. The SMILES string of the molecule is C#CCN(CC(=O)Nc1cc(Cl)ccc1-n1cncn1)C1CCc2ccccc21. The number of carbonyl (C=O) groups excluding carboxylic acids is 1. The molecule has 1 heterocycles. The first-order chi connectivity index (χ1) is 14.2. The van der Waals surface area contributed by atoms with Gasteiger partial charge in [-0.25, -0.2) is 9.67 Å². The lowest BCUT2D eigenvalue weighted by molar-refractivity contribution is -0.117. The molecule has 1 aliphatic carbocycles. The van der Waals surface area contributed by atoms with Crippen LogP contribution in [0.1, 0.15) is 23.6 Å². The van der Waals surface area contributed by atoms with Crippen LogP contribution in [-0.2, 0) is 11.2 Å². The Kier molecular flexibility index (Phi) is 5.61. The molecule has 0 spiro atoms. The molecule has 3 aromatic rings. The van der Waals surface area contributed by atoms with Crippen molar-refractivity contribution in [3.05, 3.63) is 71.3 Å². The second kappa shape index (κ2) is 8.48. The molecular weight excluding hydrogens is 386 g/mol. The third kappa shape index (κ3) is 4.16. The lowest BCUT2D eigenvalue weighted by Gasteiger charge is -2.27. The van der Waals surface area contributed by atoms with E-state index in [1.807, 2.05) is 17.0 Å². The molecule has 0 fully saturated rings. The van der Waals surface area contributed by atoms with Crippen LogP contribution in [0.3, 0.4) is 0 Å². The van der Waals surface area contributed by atoms with Gasteiger partial charge >= 0.3 is 0 Å². The standard InChI is InChI=1S/C22H20ClN5O/c1-2-11-27(20-9-7-16-5-3-4-6-18(16)20)13-22(29)26-19-12-17(23)8-10-21(19)28-15-24-14-25-28/h1,3-6,8,10,12,14-15,20H,7,9,11,13H2,(H,26,29). The van der Waals surface area contributed by atoms with Gasteiger partial charge in [0.15, 0.2) is 0 Å². The predicted octanol–water partition coefficient (Wildman–Crippen LogP) is 3.48. The maximum atomic E-state index is 12.9. The van der Waals surface area contributed by atoms with Crippen LogP contribution < -0.4 is 5.32 Å². The van der Waals surface area contributed by atoms with Crippen LogP contribution in [0.15, 0.2) is 55.1 Å². The molecule has 1 unspecified atom stereocenters. The third-order valence-electron chi connectivity index (χ3n) is 5.08. The minimum atomic E-state index is -0.159. The number of aryl methyl sites for hydroxylation is 1. The number of halogens is 1. The minimum Gasteiger partial charge on any atom is -0.323 e. The summed E-state index contributed by atoms with van der Waals surface area (Å²) in [7, 11) is 0. The normalized spacial score (nSPS) is 15.1. The van der Waals surface area contributed by atoms with Gasteiger partial charge in [-0.15, -0.1) is 6.42 Å². The van der Waals surface area contributed by atoms with Crippen LogP contribution in [0.5, 0.6) is 0 Å². The van der Waals surface area contributed by atoms with E-state index in [0.29, 0.717) is 22.9 Å². The van der Waals surface area contributed by atoms with Crippen molar-refractivity contribution in [1.29, 1.82) is 0 Å². The summed E-state index contributed by atoms with van der Waals surface area (Å²) in [5, 5.41) is 7.61. The van der Waals surface area contributed by atoms with E-state index < -0.39 is 0 Å². The molecule has 146 valence electrons. The van der Waals surface area contributed by atoms with Crippen molar-refractivity contribution in [2.24, 2.45) is 0 Å². The van der Waals surface area contributed by atoms with Crippen LogP contribution in [0, 0.1) is 12.3 Å². The summed E-state index contributed by atoms with van der Waals surface area (Å²) in [4.78, 5) is 18.9. The van der Waals surface area contributed by atoms with Crippen molar-refractivity contribution < 1.29 is 4.79 Å². The smallest absolute Gasteiger partial charge is 0.238 e. The van der Waals surface area contributed by atoms with Gasteiger partial charge in [-0.3, -0.25) is 9.69 Å². The molecule has 0 bridgehead atoms. The summed E-state index contributed by atoms with van der Waals surface area (Å²) in [6.07, 6.45) is 10.5. The van der Waals surface area contributed by atoms with Crippen molar-refractivity contribution in [1.82, 2.24) is 19.7 Å². The zero-order valence-corrected chi connectivity index (χ0v) is 16.5. The number of benzene rings is 2. The molecule has 1 N–H and O–H groups in total. The Labute approximate surface area is 174 Å². The fourth-order valence-corrected chi connectivity index (χ4v) is 3.99. The zero-order chi connectivity index (χ0) is 20.2. The van der Waals surface area contributed by atoms with Gasteiger partial charge in [0.05, 0.1) is 24.5 Å². The maximum absolute atomic E-state index is 12.9. The van der Waals surface area contributed by atoms with Crippen LogP contribution in [0.4, 0.5) is 5.69 Å². The molecule has 4 rings (SSSR count). The predicted molar refractivity (Wildman–Crippen MR) is 113 cm³/mol. The first-order valence-electron chi connectivity index (χ1n) is 9.35. The number of carbonyl (C=O) groups is 1. The van der Waals surface area contributed by atoms with Crippen LogP contribution in [0.25, 0.3) is 5.69 Å². The molecule has 0 radical (unpaired) electrons. The maximum Gasteiger partial charge on any atom is 0.238 e. The first kappa shape index (κ1) is 19.2. The lowest BCUT2D eigenvalue weighted by atomic mass is 10.1. The Balaban J connectivity index is 1.53. The number of anilines is 1. The molecule has 7 heteroatoms. The van der Waals surface area contributed by atoms with E-state index in [-0.39, 0.29) is 18.5 Å². The van der Waals surface area contributed by atoms with Crippen molar-refractivity contribution in [3.8, 4) is 18.0 Å². The molecule has 29 heavy (non-hydrogen) atoms. The topological polar surface area (TPSA) is 63.1 Å². The van der Waals surface area contributed by atoms with Gasteiger partial charge < -0.3 is 5.32 Å². The second-order valence-electron chi connectivity index (χ2n) is 6.91. The van der Waals surface area contributed by atoms with E-state index in [4.69, 9.17) is 18.0 Å². The lowest BCUT2D eigenvalue weighted by Crippen LogP contribution is -2.36. The highest BCUT2D eigenvalue weighted by molar-refractivity contribution is 6.31. The number of nitrogens with zero attached hydrogens (tertiary/aromatic N) is 4. The van der Waals surface area contributed by atoms with E-state index in [1.165, 1.54) is 17.5 Å². The molecule has 1 atom stereocenters. The summed E-state index contributed by atoms with van der Waals surface area (Å²) < 4.78 is 1.58. The number of aromatic nitrogens is 3. The Morgan fingerprint density at radius 3 is 3.00 bits per heavy atom. The van der Waals surface area contributed by atoms with Gasteiger partial charge in [-0.1, -0.05) is 41.8 Å². The summed E-state index contributed by atoms with van der Waals surface area (Å²) in [6, 6.07) is 13.7. The highest BCUT2D eigenvalue weighted by atomic mass is 35.5. The van der Waals surface area contributed by atoms with Gasteiger partial charge in [-0.2, -0.15) is 5.10 Å². The van der Waals surface area contributed by atoms with Gasteiger partial charge in [-0.05, 0) is 42.2 Å². The van der Waals surface area contributed by atoms with Crippen molar-refractivity contribution in [2.45, 2.75) is 18.9 Å². The monoisotopic (exact) mass is 405 g/mol. The molecule has 2 aromatic carbocycles. The fourth-order valence-electron chi connectivity index (χ4n) is 3.82. The van der Waals surface area contributed by atoms with Crippen molar-refractivity contribution in [3.63, 3.8) is 0 Å². The molecular formula is C22H20ClN5O. The summed E-state index contributed by atoms with van der Waals surface area (Å²) in [5.74, 6) is 2.53. The minimum absolute atomic E-state index is 0.141. The molecule has 1 aliphatic rings. The van der Waals surface area contributed by atoms with E-state index >= 15 is 0 Å². The number of rotatable bonds is 6. The highest BCUT2D eigenvalue weighted by Crippen LogP contribution is 2.35. The molecule has 0 aliphatic heterocycles. The quantitative estimate of drug-likeness (QED) is 0.638. The van der Waals surface area contributed by atoms with E-state index in [2.05, 4.69) is 33.5 Å². The summed E-state index contributed by atoms with van der Waals surface area (Å²) in [5.41, 5.74) is 3.83. The van der Waals surface area contributed by atoms with E-state index in [0.717, 1.165) is 12.8 Å². The van der Waals surface area contributed by atoms with Crippen LogP contribution in [0.2, 0.25) is 5.02 Å². The Bertz CT molecular complexity index is 1060. The first-order valence-corrected chi connectivity index (χ1v) is 9.73. The number of terminal acetylenes is 1. The summed E-state index contributed by atoms with van der Waals surface area (Å²) in [6.45, 7) is 0.588. The molecule has 1 aromatic heterocycles. The average Bonchev–Trinajstić information content (AvgIpc) is 3.38. The number of fused-ring (bicyclic) bond motifs is 1.